The number of hydrogen-bond acceptors (Lipinski definition) is 4. The normalized spacial score (nSPS) is 10.7. The van der Waals surface area contributed by atoms with Gasteiger partial charge in [-0.15, -0.1) is 11.3 Å². The number of hydrogen-bond donors (Lipinski definition) is 1. The number of nitrogens with one attached hydrogen (secondary N) is 1. The Morgan fingerprint density at radius 1 is 1.30 bits per heavy atom. The van der Waals surface area contributed by atoms with Crippen LogP contribution in [0.1, 0.15) is 5.01 Å². The molecule has 1 N–H and O–H groups in total. The van der Waals surface area contributed by atoms with Crippen molar-refractivity contribution in [1.82, 2.24) is 14.8 Å². The lowest BCUT2D eigenvalue weighted by atomic mass is 10.2. The molecule has 102 valence electrons. The van der Waals surface area contributed by atoms with Crippen molar-refractivity contribution in [1.29, 1.82) is 0 Å². The molecule has 0 aliphatic rings. The Hall–Kier alpha value is -1.56. The monoisotopic (exact) mass is 324 g/mol. The Bertz CT molecular complexity index is 709. The molecule has 0 unspecified atom stereocenters. The van der Waals surface area contributed by atoms with E-state index >= 15 is 0 Å². The van der Waals surface area contributed by atoms with E-state index < -0.39 is 0 Å². The van der Waals surface area contributed by atoms with Crippen LogP contribution in [0, 0.1) is 0 Å². The molecule has 2 heterocycles. The van der Waals surface area contributed by atoms with Gasteiger partial charge in [-0.3, -0.25) is 0 Å². The zero-order chi connectivity index (χ0) is 13.9. The smallest absolute Gasteiger partial charge is 0.113 e. The minimum Gasteiger partial charge on any atom is -0.377 e. The summed E-state index contributed by atoms with van der Waals surface area (Å²) in [6.45, 7) is 0.589. The Morgan fingerprint density at radius 2 is 2.20 bits per heavy atom. The fourth-order valence-electron chi connectivity index (χ4n) is 1.80. The maximum absolute atomic E-state index is 6.06. The molecule has 20 heavy (non-hydrogen) atoms. The minimum absolute atomic E-state index is 0.589. The predicted molar refractivity (Wildman–Crippen MR) is 83.0 cm³/mol. The number of anilines is 1. The van der Waals surface area contributed by atoms with E-state index in [9.17, 15) is 0 Å². The van der Waals surface area contributed by atoms with Crippen LogP contribution in [0.5, 0.6) is 0 Å². The zero-order valence-corrected chi connectivity index (χ0v) is 12.6. The van der Waals surface area contributed by atoms with Crippen molar-refractivity contribution >= 4 is 40.2 Å². The average molecular weight is 325 g/mol. The highest BCUT2D eigenvalue weighted by Gasteiger charge is 2.07. The van der Waals surface area contributed by atoms with Gasteiger partial charge >= 0.3 is 0 Å². The molecule has 0 aliphatic heterocycles. The van der Waals surface area contributed by atoms with Gasteiger partial charge in [0.1, 0.15) is 9.34 Å². The Kier molecular flexibility index (Phi) is 3.91. The first-order valence-electron chi connectivity index (χ1n) is 5.86. The van der Waals surface area contributed by atoms with Gasteiger partial charge in [-0.25, -0.2) is 9.67 Å². The zero-order valence-electron chi connectivity index (χ0n) is 10.3. The molecule has 1 aromatic carbocycles. The highest BCUT2D eigenvalue weighted by molar-refractivity contribution is 7.15. The summed E-state index contributed by atoms with van der Waals surface area (Å²) in [6, 6.07) is 7.50. The van der Waals surface area contributed by atoms with Crippen LogP contribution in [0.15, 0.2) is 42.9 Å². The van der Waals surface area contributed by atoms with E-state index in [0.717, 1.165) is 16.4 Å². The highest BCUT2D eigenvalue weighted by atomic mass is 35.5. The summed E-state index contributed by atoms with van der Waals surface area (Å²) >= 11 is 13.4. The molecule has 7 heteroatoms. The largest absolute Gasteiger partial charge is 0.377 e. The number of thiazole rings is 1. The number of benzene rings is 1. The van der Waals surface area contributed by atoms with E-state index in [-0.39, 0.29) is 0 Å². The minimum atomic E-state index is 0.589. The van der Waals surface area contributed by atoms with Crippen LogP contribution in [-0.2, 0) is 6.54 Å². The fraction of sp³-hybridized carbons (Fsp3) is 0.0769. The fourth-order valence-corrected chi connectivity index (χ4v) is 2.87. The molecule has 0 saturated carbocycles. The second-order valence-electron chi connectivity index (χ2n) is 4.02. The van der Waals surface area contributed by atoms with Crippen molar-refractivity contribution in [2.75, 3.05) is 5.32 Å². The van der Waals surface area contributed by atoms with E-state index in [1.54, 1.807) is 17.1 Å². The average Bonchev–Trinajstić information content (AvgIpc) is 3.08. The molecule has 0 fully saturated rings. The van der Waals surface area contributed by atoms with E-state index in [4.69, 9.17) is 23.2 Å². The molecule has 0 aliphatic carbocycles. The molecule has 0 spiro atoms. The first-order valence-corrected chi connectivity index (χ1v) is 7.43. The molecule has 0 bridgehead atoms. The van der Waals surface area contributed by atoms with Crippen molar-refractivity contribution in [2.24, 2.45) is 0 Å². The summed E-state index contributed by atoms with van der Waals surface area (Å²) in [6.07, 6.45) is 5.27. The van der Waals surface area contributed by atoms with Gasteiger partial charge in [0.15, 0.2) is 0 Å². The Balaban J connectivity index is 1.86. The molecular formula is C13H10Cl2N4S. The maximum atomic E-state index is 6.06. The third-order valence-corrected chi connectivity index (χ3v) is 4.02. The van der Waals surface area contributed by atoms with Crippen molar-refractivity contribution in [3.05, 3.63) is 57.2 Å². The van der Waals surface area contributed by atoms with Gasteiger partial charge in [0.25, 0.3) is 0 Å². The number of nitrogens with zero attached hydrogens (tertiary/aromatic N) is 3. The van der Waals surface area contributed by atoms with Crippen LogP contribution in [0.25, 0.3) is 5.69 Å². The predicted octanol–water partition coefficient (Wildman–Crippen LogP) is 4.25. The van der Waals surface area contributed by atoms with Crippen LogP contribution >= 0.6 is 34.5 Å². The van der Waals surface area contributed by atoms with E-state index in [0.29, 0.717) is 15.9 Å². The van der Waals surface area contributed by atoms with Gasteiger partial charge in [-0.1, -0.05) is 23.2 Å². The second kappa shape index (κ2) is 5.83. The highest BCUT2D eigenvalue weighted by Crippen LogP contribution is 2.25. The lowest BCUT2D eigenvalue weighted by Gasteiger charge is -2.11. The summed E-state index contributed by atoms with van der Waals surface area (Å²) in [5.74, 6) is 0. The first-order chi connectivity index (χ1) is 9.72. The van der Waals surface area contributed by atoms with Crippen LogP contribution in [0.4, 0.5) is 5.69 Å². The molecule has 4 nitrogen and oxygen atoms in total. The van der Waals surface area contributed by atoms with Gasteiger partial charge in [-0.2, -0.15) is 5.10 Å². The molecular weight excluding hydrogens is 315 g/mol. The van der Waals surface area contributed by atoms with Gasteiger partial charge in [0.2, 0.25) is 0 Å². The Morgan fingerprint density at radius 3 is 2.90 bits per heavy atom. The van der Waals surface area contributed by atoms with Gasteiger partial charge in [0.05, 0.1) is 24.1 Å². The van der Waals surface area contributed by atoms with Crippen molar-refractivity contribution in [3.63, 3.8) is 0 Å². The van der Waals surface area contributed by atoms with Crippen molar-refractivity contribution < 1.29 is 0 Å². The summed E-state index contributed by atoms with van der Waals surface area (Å²) in [5.41, 5.74) is 1.83. The maximum Gasteiger partial charge on any atom is 0.113 e. The number of rotatable bonds is 4. The Labute approximate surface area is 130 Å². The molecule has 0 amide bonds. The first kappa shape index (κ1) is 13.4. The molecule has 2 aromatic heterocycles. The molecule has 0 radical (unpaired) electrons. The third-order valence-electron chi connectivity index (χ3n) is 2.67. The van der Waals surface area contributed by atoms with Crippen LogP contribution in [0.3, 0.4) is 0 Å². The SMILES string of the molecule is Clc1ccc(-n2cccn2)c(NCc2ncc(Cl)s2)c1. The van der Waals surface area contributed by atoms with Gasteiger partial charge < -0.3 is 5.32 Å². The number of halogens is 2. The summed E-state index contributed by atoms with van der Waals surface area (Å²) in [7, 11) is 0. The lowest BCUT2D eigenvalue weighted by Crippen LogP contribution is -2.04. The third kappa shape index (κ3) is 2.95. The summed E-state index contributed by atoms with van der Waals surface area (Å²) in [5, 5.41) is 9.14. The van der Waals surface area contributed by atoms with Gasteiger partial charge in [0, 0.05) is 17.4 Å². The standard InChI is InChI=1S/C13H10Cl2N4S/c14-9-2-3-11(19-5-1-4-18-19)10(6-9)16-8-13-17-7-12(15)20-13/h1-7,16H,8H2. The summed E-state index contributed by atoms with van der Waals surface area (Å²) < 4.78 is 2.47. The molecule has 3 aromatic rings. The van der Waals surface area contributed by atoms with E-state index in [1.165, 1.54) is 11.3 Å². The van der Waals surface area contributed by atoms with Crippen LogP contribution in [0.2, 0.25) is 9.36 Å². The molecule has 3 rings (SSSR count). The second-order valence-corrected chi connectivity index (χ2v) is 6.21. The van der Waals surface area contributed by atoms with E-state index in [1.807, 2.05) is 30.5 Å². The molecule has 0 atom stereocenters. The number of aromatic nitrogens is 3. The topological polar surface area (TPSA) is 42.7 Å². The quantitative estimate of drug-likeness (QED) is 0.780. The van der Waals surface area contributed by atoms with Crippen molar-refractivity contribution in [2.45, 2.75) is 6.54 Å². The van der Waals surface area contributed by atoms with E-state index in [2.05, 4.69) is 15.4 Å². The summed E-state index contributed by atoms with van der Waals surface area (Å²) in [4.78, 5) is 4.21. The van der Waals surface area contributed by atoms with Crippen LogP contribution < -0.4 is 5.32 Å². The van der Waals surface area contributed by atoms with Gasteiger partial charge in [-0.05, 0) is 24.3 Å². The van der Waals surface area contributed by atoms with Crippen LogP contribution in [-0.4, -0.2) is 14.8 Å². The van der Waals surface area contributed by atoms with Crippen molar-refractivity contribution in [3.8, 4) is 5.69 Å². The molecule has 0 saturated heterocycles. The lowest BCUT2D eigenvalue weighted by molar-refractivity contribution is 0.879.